The summed E-state index contributed by atoms with van der Waals surface area (Å²) in [5.74, 6) is 0.810. The number of phosphoric ester groups is 2. The molecule has 0 rings (SSSR count). The van der Waals surface area contributed by atoms with Crippen molar-refractivity contribution in [2.45, 2.75) is 343 Å². The first-order valence-corrected chi connectivity index (χ1v) is 37.7. The van der Waals surface area contributed by atoms with Crippen molar-refractivity contribution < 1.29 is 80.2 Å². The molecule has 0 bridgehead atoms. The number of hydrogen-bond donors (Lipinski definition) is 3. The van der Waals surface area contributed by atoms with E-state index in [-0.39, 0.29) is 25.7 Å². The minimum Gasteiger partial charge on any atom is -0.462 e. The molecule has 0 saturated carbocycles. The van der Waals surface area contributed by atoms with E-state index in [2.05, 4.69) is 55.4 Å². The molecule has 4 unspecified atom stereocenters. The molecule has 0 aliphatic carbocycles. The van der Waals surface area contributed by atoms with E-state index < -0.39 is 97.5 Å². The van der Waals surface area contributed by atoms with Crippen molar-refractivity contribution in [2.75, 3.05) is 39.6 Å². The third kappa shape index (κ3) is 59.7. The van der Waals surface area contributed by atoms with Crippen molar-refractivity contribution in [1.82, 2.24) is 0 Å². The Morgan fingerprint density at radius 1 is 0.326 bits per heavy atom. The third-order valence-electron chi connectivity index (χ3n) is 15.7. The molecule has 0 radical (unpaired) electrons. The molecule has 0 saturated heterocycles. The summed E-state index contributed by atoms with van der Waals surface area (Å²) in [6.45, 7) is 14.0. The number of carbonyl (C=O) groups excluding carboxylic acids is 4. The highest BCUT2D eigenvalue weighted by Crippen LogP contribution is 2.45. The average Bonchev–Trinajstić information content (AvgIpc) is 3.62. The number of aliphatic hydroxyl groups is 1. The van der Waals surface area contributed by atoms with E-state index in [4.69, 9.17) is 37.0 Å². The van der Waals surface area contributed by atoms with Gasteiger partial charge >= 0.3 is 39.5 Å². The number of esters is 4. The topological polar surface area (TPSA) is 237 Å². The third-order valence-corrected chi connectivity index (χ3v) is 17.6. The summed E-state index contributed by atoms with van der Waals surface area (Å²) < 4.78 is 68.1. The SMILES string of the molecule is CCC(C)CCCCCCCCCCCCC(=O)OC[C@H](COP(=O)(O)OCC(O)COP(=O)(O)OC[C@@H](COC(=O)CCCCCCCCCC(C)C)OC(=O)CCCCCCCCCC(C)C)OC(=O)CCCCCCCCCCCC(C)C. The lowest BCUT2D eigenvalue weighted by Gasteiger charge is -2.21. The van der Waals surface area contributed by atoms with Gasteiger partial charge in [-0.2, -0.15) is 0 Å². The molecule has 0 aliphatic heterocycles. The second-order valence-electron chi connectivity index (χ2n) is 25.9. The Kier molecular flexibility index (Phi) is 55.7. The largest absolute Gasteiger partial charge is 0.472 e. The van der Waals surface area contributed by atoms with Crippen LogP contribution in [0, 0.1) is 23.7 Å². The molecule has 0 aliphatic rings. The van der Waals surface area contributed by atoms with Crippen molar-refractivity contribution in [2.24, 2.45) is 23.7 Å². The first-order valence-electron chi connectivity index (χ1n) is 34.7. The molecule has 0 spiro atoms. The molecule has 0 heterocycles. The number of unbranched alkanes of at least 4 members (excludes halogenated alkanes) is 29. The lowest BCUT2D eigenvalue weighted by atomic mass is 9.99. The maximum atomic E-state index is 13.0. The Morgan fingerprint density at radius 3 is 0.826 bits per heavy atom. The summed E-state index contributed by atoms with van der Waals surface area (Å²) in [4.78, 5) is 72.4. The van der Waals surface area contributed by atoms with Crippen LogP contribution < -0.4 is 0 Å². The van der Waals surface area contributed by atoms with Crippen LogP contribution in [0.1, 0.15) is 325 Å². The Labute approximate surface area is 524 Å². The predicted molar refractivity (Wildman–Crippen MR) is 344 cm³/mol. The van der Waals surface area contributed by atoms with Crippen LogP contribution in [0.2, 0.25) is 0 Å². The molecule has 0 aromatic heterocycles. The second kappa shape index (κ2) is 57.0. The zero-order chi connectivity index (χ0) is 63.9. The summed E-state index contributed by atoms with van der Waals surface area (Å²) in [5, 5.41) is 10.6. The quantitative estimate of drug-likeness (QED) is 0.0222. The van der Waals surface area contributed by atoms with E-state index in [0.29, 0.717) is 37.5 Å². The normalized spacial score (nSPS) is 14.7. The molecule has 0 aromatic rings. The van der Waals surface area contributed by atoms with Crippen molar-refractivity contribution in [1.29, 1.82) is 0 Å². The van der Waals surface area contributed by atoms with Crippen LogP contribution in [0.15, 0.2) is 0 Å². The van der Waals surface area contributed by atoms with Gasteiger partial charge in [0.15, 0.2) is 12.2 Å². The first-order chi connectivity index (χ1) is 41.1. The van der Waals surface area contributed by atoms with Crippen molar-refractivity contribution in [3.63, 3.8) is 0 Å². The fraction of sp³-hybridized carbons (Fsp3) is 0.940. The highest BCUT2D eigenvalue weighted by Gasteiger charge is 2.30. The first kappa shape index (κ1) is 84.1. The van der Waals surface area contributed by atoms with E-state index in [0.717, 1.165) is 108 Å². The van der Waals surface area contributed by atoms with Gasteiger partial charge in [-0.25, -0.2) is 9.13 Å². The number of rotatable bonds is 64. The highest BCUT2D eigenvalue weighted by atomic mass is 31.2. The van der Waals surface area contributed by atoms with Crippen LogP contribution in [0.5, 0.6) is 0 Å². The molecule has 19 heteroatoms. The van der Waals surface area contributed by atoms with Gasteiger partial charge in [0, 0.05) is 25.7 Å². The van der Waals surface area contributed by atoms with E-state index in [1.54, 1.807) is 0 Å². The zero-order valence-electron chi connectivity index (χ0n) is 55.9. The second-order valence-corrected chi connectivity index (χ2v) is 28.8. The lowest BCUT2D eigenvalue weighted by Crippen LogP contribution is -2.30. The Hall–Kier alpha value is -1.94. The lowest BCUT2D eigenvalue weighted by molar-refractivity contribution is -0.161. The van der Waals surface area contributed by atoms with Crippen molar-refractivity contribution in [3.8, 4) is 0 Å². The van der Waals surface area contributed by atoms with E-state index in [9.17, 15) is 43.2 Å². The molecular formula is C67H130O17P2. The van der Waals surface area contributed by atoms with Crippen LogP contribution in [-0.4, -0.2) is 96.7 Å². The summed E-state index contributed by atoms with van der Waals surface area (Å²) in [6.07, 6.45) is 37.7. The molecule has 0 aromatic carbocycles. The standard InChI is InChI=1S/C67H130O17P2/c1-9-60(8)46-38-30-22-14-10-11-15-23-31-39-47-64(69)77-53-62(83-66(71)49-41-33-24-16-12-13-19-27-35-43-57(2)3)55-81-85(73,74)79-51-61(68)52-80-86(75,76)82-56-63(84-67(72)50-42-34-26-18-21-29-37-45-59(6)7)54-78-65(70)48-40-32-25-17-20-28-36-44-58(4)5/h57-63,68H,9-56H2,1-8H3,(H,73,74)(H,75,76)/t60?,61?,62-,63-/m1/s1. The van der Waals surface area contributed by atoms with Gasteiger partial charge in [0.25, 0.3) is 0 Å². The Morgan fingerprint density at radius 2 is 0.558 bits per heavy atom. The fourth-order valence-electron chi connectivity index (χ4n) is 9.93. The number of phosphoric acid groups is 2. The minimum atomic E-state index is -4.95. The van der Waals surface area contributed by atoms with Gasteiger partial charge < -0.3 is 33.8 Å². The predicted octanol–water partition coefficient (Wildman–Crippen LogP) is 18.5. The van der Waals surface area contributed by atoms with E-state index >= 15 is 0 Å². The number of ether oxygens (including phenoxy) is 4. The maximum Gasteiger partial charge on any atom is 0.472 e. The average molecular weight is 1270 g/mol. The van der Waals surface area contributed by atoms with Gasteiger partial charge in [-0.3, -0.25) is 37.3 Å². The van der Waals surface area contributed by atoms with Crippen molar-refractivity contribution in [3.05, 3.63) is 0 Å². The van der Waals surface area contributed by atoms with Crippen LogP contribution >= 0.6 is 15.6 Å². The molecule has 17 nitrogen and oxygen atoms in total. The summed E-state index contributed by atoms with van der Waals surface area (Å²) in [5.41, 5.74) is 0. The van der Waals surface area contributed by atoms with Gasteiger partial charge in [-0.15, -0.1) is 0 Å². The molecular weight excluding hydrogens is 1140 g/mol. The van der Waals surface area contributed by atoms with Crippen molar-refractivity contribution >= 4 is 39.5 Å². The Balaban J connectivity index is 5.25. The van der Waals surface area contributed by atoms with Gasteiger partial charge in [0.1, 0.15) is 19.3 Å². The minimum absolute atomic E-state index is 0.102. The molecule has 6 atom stereocenters. The molecule has 510 valence electrons. The van der Waals surface area contributed by atoms with Gasteiger partial charge in [-0.1, -0.05) is 274 Å². The summed E-state index contributed by atoms with van der Waals surface area (Å²) in [7, 11) is -9.90. The Bertz CT molecular complexity index is 1720. The summed E-state index contributed by atoms with van der Waals surface area (Å²) in [6, 6.07) is 0. The van der Waals surface area contributed by atoms with E-state index in [1.807, 2.05) is 0 Å². The van der Waals surface area contributed by atoms with Gasteiger partial charge in [-0.05, 0) is 49.4 Å². The molecule has 0 amide bonds. The molecule has 3 N–H and O–H groups in total. The van der Waals surface area contributed by atoms with E-state index in [1.165, 1.54) is 122 Å². The smallest absolute Gasteiger partial charge is 0.462 e. The monoisotopic (exact) mass is 1270 g/mol. The van der Waals surface area contributed by atoms with Crippen LogP contribution in [0.25, 0.3) is 0 Å². The highest BCUT2D eigenvalue weighted by molar-refractivity contribution is 7.47. The number of aliphatic hydroxyl groups excluding tert-OH is 1. The van der Waals surface area contributed by atoms with Gasteiger partial charge in [0.05, 0.1) is 26.4 Å². The summed E-state index contributed by atoms with van der Waals surface area (Å²) >= 11 is 0. The molecule has 0 fully saturated rings. The zero-order valence-corrected chi connectivity index (χ0v) is 57.7. The maximum absolute atomic E-state index is 13.0. The van der Waals surface area contributed by atoms with Gasteiger partial charge in [0.2, 0.25) is 0 Å². The van der Waals surface area contributed by atoms with Crippen LogP contribution in [-0.2, 0) is 65.4 Å². The fourth-order valence-corrected chi connectivity index (χ4v) is 11.5. The van der Waals surface area contributed by atoms with Crippen LogP contribution in [0.4, 0.5) is 0 Å². The number of hydrogen-bond acceptors (Lipinski definition) is 15. The molecule has 86 heavy (non-hydrogen) atoms. The van der Waals surface area contributed by atoms with Crippen LogP contribution in [0.3, 0.4) is 0 Å². The number of carbonyl (C=O) groups is 4.